The van der Waals surface area contributed by atoms with E-state index in [1.165, 1.54) is 0 Å². The van der Waals surface area contributed by atoms with Crippen molar-refractivity contribution in [3.8, 4) is 0 Å². The van der Waals surface area contributed by atoms with Crippen LogP contribution in [0.25, 0.3) is 0 Å². The molecule has 0 bridgehead atoms. The van der Waals surface area contributed by atoms with Crippen molar-refractivity contribution in [1.82, 2.24) is 9.62 Å². The zero-order valence-corrected chi connectivity index (χ0v) is 22.6. The summed E-state index contributed by atoms with van der Waals surface area (Å²) in [4.78, 5) is 11.1. The molecule has 0 saturated carbocycles. The van der Waals surface area contributed by atoms with E-state index in [1.54, 1.807) is 30.7 Å². The van der Waals surface area contributed by atoms with Crippen molar-refractivity contribution < 1.29 is 27.4 Å². The highest BCUT2D eigenvalue weighted by atomic mass is 32.2. The average Bonchev–Trinajstić information content (AvgIpc) is 2.73. The van der Waals surface area contributed by atoms with Crippen molar-refractivity contribution in [2.75, 3.05) is 33.9 Å². The van der Waals surface area contributed by atoms with Crippen LogP contribution in [0.5, 0.6) is 0 Å². The van der Waals surface area contributed by atoms with Gasteiger partial charge in [0.15, 0.2) is 6.29 Å². The standard InChI is InChI=1S/C13H19NO2S.C7H15NO2.C4H10O2/c1-11-3-5-13(6-4-11)17(15,16)14-9-7-12(2)8-10-14;1-5-8-6(9)10-7(2,3)4;1-4(5-2)6-3/h3-6,12H,7-10H2,1-2H3;5H2,1-4H3,(H,8,9);4H,1-3H3. The van der Waals surface area contributed by atoms with Gasteiger partial charge in [-0.2, -0.15) is 4.31 Å². The smallest absolute Gasteiger partial charge is 0.407 e. The predicted molar refractivity (Wildman–Crippen MR) is 132 cm³/mol. The van der Waals surface area contributed by atoms with Gasteiger partial charge in [0.1, 0.15) is 5.60 Å². The number of methoxy groups -OCH3 is 2. The first-order valence-electron chi connectivity index (χ1n) is 11.4. The Morgan fingerprint density at radius 1 is 1.12 bits per heavy atom. The summed E-state index contributed by atoms with van der Waals surface area (Å²) >= 11 is 0. The Bertz CT molecular complexity index is 763. The number of ether oxygens (including phenoxy) is 3. The molecule has 33 heavy (non-hydrogen) atoms. The predicted octanol–water partition coefficient (Wildman–Crippen LogP) is 4.57. The maximum atomic E-state index is 12.3. The molecule has 1 amide bonds. The van der Waals surface area contributed by atoms with Gasteiger partial charge in [-0.1, -0.05) is 24.6 Å². The number of amides is 1. The summed E-state index contributed by atoms with van der Waals surface area (Å²) < 4.78 is 40.6. The van der Waals surface area contributed by atoms with Crippen molar-refractivity contribution in [3.63, 3.8) is 0 Å². The Kier molecular flexibility index (Phi) is 14.5. The van der Waals surface area contributed by atoms with Crippen LogP contribution in [0.3, 0.4) is 0 Å². The van der Waals surface area contributed by atoms with Gasteiger partial charge in [-0.25, -0.2) is 13.2 Å². The van der Waals surface area contributed by atoms with Gasteiger partial charge in [-0.3, -0.25) is 0 Å². The fourth-order valence-electron chi connectivity index (χ4n) is 2.64. The number of carbonyl (C=O) groups is 1. The topological polar surface area (TPSA) is 94.2 Å². The minimum absolute atomic E-state index is 0.0648. The number of rotatable bonds is 5. The summed E-state index contributed by atoms with van der Waals surface area (Å²) in [5.41, 5.74) is 0.690. The fourth-order valence-corrected chi connectivity index (χ4v) is 4.11. The number of alkyl carbamates (subject to hydrolysis) is 1. The molecule has 1 fully saturated rings. The third kappa shape index (κ3) is 13.6. The van der Waals surface area contributed by atoms with Gasteiger partial charge in [0, 0.05) is 33.9 Å². The molecule has 192 valence electrons. The molecular weight excluding hydrogens is 444 g/mol. The molecule has 0 spiro atoms. The lowest BCUT2D eigenvalue weighted by atomic mass is 10.0. The Labute approximate surface area is 201 Å². The molecule has 1 aromatic carbocycles. The van der Waals surface area contributed by atoms with Crippen molar-refractivity contribution in [3.05, 3.63) is 29.8 Å². The van der Waals surface area contributed by atoms with Crippen LogP contribution in [-0.2, 0) is 24.2 Å². The van der Waals surface area contributed by atoms with E-state index >= 15 is 0 Å². The quantitative estimate of drug-likeness (QED) is 0.610. The summed E-state index contributed by atoms with van der Waals surface area (Å²) in [5, 5.41) is 2.54. The van der Waals surface area contributed by atoms with E-state index in [4.69, 9.17) is 4.74 Å². The lowest BCUT2D eigenvalue weighted by molar-refractivity contribution is -0.0877. The highest BCUT2D eigenvalue weighted by molar-refractivity contribution is 7.89. The second kappa shape index (κ2) is 15.3. The molecule has 0 atom stereocenters. The molecule has 8 nitrogen and oxygen atoms in total. The summed E-state index contributed by atoms with van der Waals surface area (Å²) in [7, 11) is -0.0582. The molecule has 1 aliphatic heterocycles. The maximum absolute atomic E-state index is 12.3. The monoisotopic (exact) mass is 488 g/mol. The highest BCUT2D eigenvalue weighted by Crippen LogP contribution is 2.23. The number of aryl methyl sites for hydroxylation is 1. The molecule has 0 aliphatic carbocycles. The van der Waals surface area contributed by atoms with Crippen LogP contribution in [0.1, 0.15) is 59.9 Å². The van der Waals surface area contributed by atoms with Gasteiger partial charge in [0.2, 0.25) is 10.0 Å². The lowest BCUT2D eigenvalue weighted by Gasteiger charge is -2.29. The maximum Gasteiger partial charge on any atom is 0.407 e. The van der Waals surface area contributed by atoms with Crippen molar-refractivity contribution in [2.24, 2.45) is 5.92 Å². The molecule has 0 unspecified atom stereocenters. The van der Waals surface area contributed by atoms with Gasteiger partial charge in [-0.15, -0.1) is 0 Å². The number of piperidine rings is 1. The van der Waals surface area contributed by atoms with Gasteiger partial charge in [0.05, 0.1) is 4.90 Å². The van der Waals surface area contributed by atoms with E-state index in [9.17, 15) is 13.2 Å². The minimum Gasteiger partial charge on any atom is -0.444 e. The minimum atomic E-state index is -3.27. The first kappa shape index (κ1) is 31.3. The molecule has 9 heteroatoms. The van der Waals surface area contributed by atoms with Crippen LogP contribution in [0.2, 0.25) is 0 Å². The first-order valence-corrected chi connectivity index (χ1v) is 12.8. The summed E-state index contributed by atoms with van der Waals surface area (Å²) in [5.74, 6) is 0.638. The average molecular weight is 489 g/mol. The number of benzene rings is 1. The zero-order chi connectivity index (χ0) is 25.7. The molecule has 1 aliphatic rings. The van der Waals surface area contributed by atoms with Crippen molar-refractivity contribution in [2.45, 2.75) is 78.1 Å². The first-order chi connectivity index (χ1) is 15.3. The molecule has 2 rings (SSSR count). The van der Waals surface area contributed by atoms with Gasteiger partial charge in [0.25, 0.3) is 0 Å². The van der Waals surface area contributed by atoms with Gasteiger partial charge >= 0.3 is 6.09 Å². The largest absolute Gasteiger partial charge is 0.444 e. The van der Waals surface area contributed by atoms with Gasteiger partial charge < -0.3 is 19.5 Å². The Morgan fingerprint density at radius 3 is 1.97 bits per heavy atom. The van der Waals surface area contributed by atoms with E-state index < -0.39 is 10.0 Å². The Hall–Kier alpha value is -1.68. The molecule has 1 heterocycles. The number of hydrogen-bond donors (Lipinski definition) is 1. The van der Waals surface area contributed by atoms with Crippen LogP contribution in [0.4, 0.5) is 4.79 Å². The van der Waals surface area contributed by atoms with Crippen LogP contribution < -0.4 is 5.32 Å². The van der Waals surface area contributed by atoms with Crippen LogP contribution >= 0.6 is 0 Å². The van der Waals surface area contributed by atoms with E-state index in [1.807, 2.05) is 53.7 Å². The summed E-state index contributed by atoms with van der Waals surface area (Å²) in [6.07, 6.45) is 1.51. The highest BCUT2D eigenvalue weighted by Gasteiger charge is 2.27. The zero-order valence-electron chi connectivity index (χ0n) is 21.8. The van der Waals surface area contributed by atoms with Crippen molar-refractivity contribution >= 4 is 16.1 Å². The molecular formula is C24H44N2O6S. The SMILES string of the molecule is CCNC(=O)OC(C)(C)C.COC(C)OC.Cc1ccc(S(=O)(=O)N2CCC(C)CC2)cc1. The Balaban J connectivity index is 0.000000544. The lowest BCUT2D eigenvalue weighted by Crippen LogP contribution is -2.37. The number of sulfonamides is 1. The normalized spacial score (nSPS) is 15.1. The van der Waals surface area contributed by atoms with Crippen LogP contribution in [0, 0.1) is 12.8 Å². The second-order valence-corrected chi connectivity index (χ2v) is 10.9. The van der Waals surface area contributed by atoms with Gasteiger partial charge in [-0.05, 0) is 72.4 Å². The van der Waals surface area contributed by atoms with Crippen molar-refractivity contribution in [1.29, 1.82) is 0 Å². The third-order valence-electron chi connectivity index (χ3n) is 4.79. The Morgan fingerprint density at radius 2 is 1.61 bits per heavy atom. The molecule has 1 aromatic rings. The number of nitrogens with zero attached hydrogens (tertiary/aromatic N) is 1. The molecule has 1 saturated heterocycles. The van der Waals surface area contributed by atoms with E-state index in [0.29, 0.717) is 30.4 Å². The van der Waals surface area contributed by atoms with E-state index in [0.717, 1.165) is 18.4 Å². The number of hydrogen-bond acceptors (Lipinski definition) is 6. The number of carbonyl (C=O) groups excluding carboxylic acids is 1. The molecule has 1 N–H and O–H groups in total. The second-order valence-electron chi connectivity index (χ2n) is 8.97. The summed E-state index contributed by atoms with van der Waals surface area (Å²) in [6, 6.07) is 7.09. The van der Waals surface area contributed by atoms with E-state index in [-0.39, 0.29) is 18.0 Å². The fraction of sp³-hybridized carbons (Fsp3) is 0.708. The summed E-state index contributed by atoms with van der Waals surface area (Å²) in [6.45, 7) is 15.2. The molecule has 0 radical (unpaired) electrons. The van der Waals surface area contributed by atoms with E-state index in [2.05, 4.69) is 21.7 Å². The van der Waals surface area contributed by atoms with Crippen LogP contribution in [-0.4, -0.2) is 64.6 Å². The third-order valence-corrected chi connectivity index (χ3v) is 6.70. The number of nitrogens with one attached hydrogen (secondary N) is 1. The molecule has 0 aromatic heterocycles. The van der Waals surface area contributed by atoms with Crippen LogP contribution in [0.15, 0.2) is 29.2 Å².